The molecule has 3 heteroatoms. The minimum Gasteiger partial charge on any atom is -0.316 e. The van der Waals surface area contributed by atoms with Gasteiger partial charge in [-0.25, -0.2) is 0 Å². The maximum absolute atomic E-state index is 4.12. The number of pyridine rings is 1. The van der Waals surface area contributed by atoms with E-state index in [1.807, 2.05) is 25.5 Å². The van der Waals surface area contributed by atoms with Crippen LogP contribution in [0.1, 0.15) is 12.0 Å². The third-order valence-corrected chi connectivity index (χ3v) is 2.81. The van der Waals surface area contributed by atoms with E-state index in [1.165, 1.54) is 18.5 Å². The second kappa shape index (κ2) is 4.53. The van der Waals surface area contributed by atoms with Crippen LogP contribution in [-0.4, -0.2) is 36.1 Å². The summed E-state index contributed by atoms with van der Waals surface area (Å²) in [6.07, 6.45) is 5.04. The minimum atomic E-state index is 0.673. The molecule has 0 spiro atoms. The van der Waals surface area contributed by atoms with E-state index >= 15 is 0 Å². The van der Waals surface area contributed by atoms with E-state index in [1.54, 1.807) is 0 Å². The van der Waals surface area contributed by atoms with Crippen LogP contribution in [-0.2, 0) is 6.54 Å². The summed E-state index contributed by atoms with van der Waals surface area (Å²) in [5, 5.41) is 3.32. The second-order valence-electron chi connectivity index (χ2n) is 3.87. The third-order valence-electron chi connectivity index (χ3n) is 2.81. The highest BCUT2D eigenvalue weighted by molar-refractivity contribution is 5.08. The first-order chi connectivity index (χ1) is 6.88. The average Bonchev–Trinajstić information content (AvgIpc) is 2.67. The predicted octanol–water partition coefficient (Wildman–Crippen LogP) is 0.875. The van der Waals surface area contributed by atoms with Crippen LogP contribution in [0.4, 0.5) is 0 Å². The van der Waals surface area contributed by atoms with E-state index in [0.29, 0.717) is 6.04 Å². The third kappa shape index (κ3) is 2.30. The molecule has 1 aromatic rings. The van der Waals surface area contributed by atoms with Gasteiger partial charge in [-0.3, -0.25) is 9.88 Å². The number of rotatable bonds is 3. The smallest absolute Gasteiger partial charge is 0.0312 e. The largest absolute Gasteiger partial charge is 0.316 e. The SMILES string of the molecule is CNC1CCN(Cc2cccnc2)C1. The van der Waals surface area contributed by atoms with Gasteiger partial charge in [0.05, 0.1) is 0 Å². The summed E-state index contributed by atoms with van der Waals surface area (Å²) in [6.45, 7) is 3.39. The Morgan fingerprint density at radius 3 is 3.21 bits per heavy atom. The van der Waals surface area contributed by atoms with E-state index in [2.05, 4.69) is 21.3 Å². The lowest BCUT2D eigenvalue weighted by atomic mass is 10.2. The fraction of sp³-hybridized carbons (Fsp3) is 0.545. The Hall–Kier alpha value is -0.930. The van der Waals surface area contributed by atoms with Gasteiger partial charge in [-0.1, -0.05) is 6.07 Å². The molecular formula is C11H17N3. The molecule has 1 fully saturated rings. The molecular weight excluding hydrogens is 174 g/mol. The molecule has 1 aliphatic heterocycles. The van der Waals surface area contributed by atoms with Crippen LogP contribution in [0.5, 0.6) is 0 Å². The molecule has 1 aliphatic rings. The normalized spacial score (nSPS) is 22.8. The molecule has 0 saturated carbocycles. The van der Waals surface area contributed by atoms with Gasteiger partial charge in [0.2, 0.25) is 0 Å². The summed E-state index contributed by atoms with van der Waals surface area (Å²) >= 11 is 0. The van der Waals surface area contributed by atoms with Crippen molar-refractivity contribution in [2.45, 2.75) is 19.0 Å². The van der Waals surface area contributed by atoms with Gasteiger partial charge in [-0.2, -0.15) is 0 Å². The topological polar surface area (TPSA) is 28.2 Å². The monoisotopic (exact) mass is 191 g/mol. The first-order valence-electron chi connectivity index (χ1n) is 5.17. The van der Waals surface area contributed by atoms with Crippen molar-refractivity contribution in [3.63, 3.8) is 0 Å². The molecule has 76 valence electrons. The number of nitrogens with zero attached hydrogens (tertiary/aromatic N) is 2. The van der Waals surface area contributed by atoms with Gasteiger partial charge in [0.1, 0.15) is 0 Å². The van der Waals surface area contributed by atoms with Crippen LogP contribution in [0, 0.1) is 0 Å². The quantitative estimate of drug-likeness (QED) is 0.768. The molecule has 0 amide bonds. The van der Waals surface area contributed by atoms with Crippen molar-refractivity contribution in [3.05, 3.63) is 30.1 Å². The summed E-state index contributed by atoms with van der Waals surface area (Å²) in [5.41, 5.74) is 1.31. The molecule has 0 bridgehead atoms. The number of nitrogens with one attached hydrogen (secondary N) is 1. The van der Waals surface area contributed by atoms with Gasteiger partial charge < -0.3 is 5.32 Å². The molecule has 3 nitrogen and oxygen atoms in total. The zero-order chi connectivity index (χ0) is 9.80. The lowest BCUT2D eigenvalue weighted by molar-refractivity contribution is 0.322. The van der Waals surface area contributed by atoms with E-state index < -0.39 is 0 Å². The molecule has 14 heavy (non-hydrogen) atoms. The Morgan fingerprint density at radius 2 is 2.57 bits per heavy atom. The molecule has 1 N–H and O–H groups in total. The van der Waals surface area contributed by atoms with Crippen molar-refractivity contribution < 1.29 is 0 Å². The Bertz CT molecular complexity index is 273. The summed E-state index contributed by atoms with van der Waals surface area (Å²) in [4.78, 5) is 6.59. The van der Waals surface area contributed by atoms with Gasteiger partial charge in [-0.15, -0.1) is 0 Å². The van der Waals surface area contributed by atoms with Gasteiger partial charge in [0.25, 0.3) is 0 Å². The summed E-state index contributed by atoms with van der Waals surface area (Å²) in [6, 6.07) is 4.81. The van der Waals surface area contributed by atoms with Gasteiger partial charge in [0, 0.05) is 38.1 Å². The predicted molar refractivity (Wildman–Crippen MR) is 57.0 cm³/mol. The zero-order valence-corrected chi connectivity index (χ0v) is 8.61. The highest BCUT2D eigenvalue weighted by Gasteiger charge is 2.20. The zero-order valence-electron chi connectivity index (χ0n) is 8.61. The highest BCUT2D eigenvalue weighted by atomic mass is 15.2. The molecule has 0 radical (unpaired) electrons. The first-order valence-corrected chi connectivity index (χ1v) is 5.17. The van der Waals surface area contributed by atoms with Gasteiger partial charge in [-0.05, 0) is 25.1 Å². The van der Waals surface area contributed by atoms with Crippen molar-refractivity contribution in [3.8, 4) is 0 Å². The lowest BCUT2D eigenvalue weighted by Crippen LogP contribution is -2.29. The Balaban J connectivity index is 1.88. The molecule has 1 saturated heterocycles. The standard InChI is InChI=1S/C11H17N3/c1-12-11-4-6-14(9-11)8-10-3-2-5-13-7-10/h2-3,5,7,11-12H,4,6,8-9H2,1H3. The number of hydrogen-bond acceptors (Lipinski definition) is 3. The van der Waals surface area contributed by atoms with E-state index in [0.717, 1.165) is 13.1 Å². The highest BCUT2D eigenvalue weighted by Crippen LogP contribution is 2.12. The van der Waals surface area contributed by atoms with Gasteiger partial charge >= 0.3 is 0 Å². The molecule has 1 unspecified atom stereocenters. The number of likely N-dealkylation sites (N-methyl/N-ethyl adjacent to an activating group) is 1. The maximum Gasteiger partial charge on any atom is 0.0312 e. The van der Waals surface area contributed by atoms with Crippen LogP contribution in [0.25, 0.3) is 0 Å². The summed E-state index contributed by atoms with van der Waals surface area (Å²) in [7, 11) is 2.04. The minimum absolute atomic E-state index is 0.673. The van der Waals surface area contributed by atoms with Crippen LogP contribution in [0.3, 0.4) is 0 Å². The van der Waals surface area contributed by atoms with Crippen LogP contribution in [0.15, 0.2) is 24.5 Å². The van der Waals surface area contributed by atoms with Crippen molar-refractivity contribution in [2.24, 2.45) is 0 Å². The fourth-order valence-electron chi connectivity index (χ4n) is 1.96. The van der Waals surface area contributed by atoms with Crippen molar-refractivity contribution in [1.29, 1.82) is 0 Å². The van der Waals surface area contributed by atoms with Crippen molar-refractivity contribution in [2.75, 3.05) is 20.1 Å². The fourth-order valence-corrected chi connectivity index (χ4v) is 1.96. The Morgan fingerprint density at radius 1 is 1.64 bits per heavy atom. The molecule has 1 atom stereocenters. The summed E-state index contributed by atoms with van der Waals surface area (Å²) in [5.74, 6) is 0. The Kier molecular flexibility index (Phi) is 3.11. The summed E-state index contributed by atoms with van der Waals surface area (Å²) < 4.78 is 0. The molecule has 0 aromatic carbocycles. The maximum atomic E-state index is 4.12. The average molecular weight is 191 g/mol. The number of likely N-dealkylation sites (tertiary alicyclic amines) is 1. The van der Waals surface area contributed by atoms with E-state index in [9.17, 15) is 0 Å². The van der Waals surface area contributed by atoms with Crippen LogP contribution < -0.4 is 5.32 Å². The lowest BCUT2D eigenvalue weighted by Gasteiger charge is -2.15. The second-order valence-corrected chi connectivity index (χ2v) is 3.87. The number of hydrogen-bond donors (Lipinski definition) is 1. The van der Waals surface area contributed by atoms with Gasteiger partial charge in [0.15, 0.2) is 0 Å². The van der Waals surface area contributed by atoms with E-state index in [-0.39, 0.29) is 0 Å². The van der Waals surface area contributed by atoms with Crippen LogP contribution >= 0.6 is 0 Å². The molecule has 2 rings (SSSR count). The van der Waals surface area contributed by atoms with Crippen molar-refractivity contribution >= 4 is 0 Å². The van der Waals surface area contributed by atoms with Crippen molar-refractivity contribution in [1.82, 2.24) is 15.2 Å². The number of aromatic nitrogens is 1. The Labute approximate surface area is 85.1 Å². The van der Waals surface area contributed by atoms with Crippen LogP contribution in [0.2, 0.25) is 0 Å². The molecule has 1 aromatic heterocycles. The van der Waals surface area contributed by atoms with E-state index in [4.69, 9.17) is 0 Å². The molecule has 0 aliphatic carbocycles. The first kappa shape index (κ1) is 9.62. The molecule has 2 heterocycles.